The molecule has 1 amide bonds. The number of ether oxygens (including phenoxy) is 2. The number of hydrogen-bond donors (Lipinski definition) is 1. The van der Waals surface area contributed by atoms with Gasteiger partial charge in [0.25, 0.3) is 5.91 Å². The number of furan rings is 1. The molecule has 0 aliphatic carbocycles. The molecule has 0 unspecified atom stereocenters. The molecule has 0 radical (unpaired) electrons. The lowest BCUT2D eigenvalue weighted by Gasteiger charge is -2.04. The first-order valence-electron chi connectivity index (χ1n) is 8.19. The Morgan fingerprint density at radius 2 is 1.93 bits per heavy atom. The van der Waals surface area contributed by atoms with Crippen LogP contribution in [0.3, 0.4) is 0 Å². The van der Waals surface area contributed by atoms with Crippen molar-refractivity contribution in [1.82, 2.24) is 5.43 Å². The largest absolute Gasteiger partial charge is 0.495 e. The lowest BCUT2D eigenvalue weighted by molar-refractivity contribution is -0.123. The maximum atomic E-state index is 11.8. The van der Waals surface area contributed by atoms with E-state index in [2.05, 4.69) is 10.5 Å². The highest BCUT2D eigenvalue weighted by Crippen LogP contribution is 2.30. The third-order valence-corrected chi connectivity index (χ3v) is 4.18. The maximum Gasteiger partial charge on any atom is 0.277 e. The molecule has 0 saturated carbocycles. The Bertz CT molecular complexity index is 984. The molecule has 8 heteroatoms. The van der Waals surface area contributed by atoms with Gasteiger partial charge in [-0.2, -0.15) is 5.10 Å². The fraction of sp³-hybridized carbons (Fsp3) is 0.100. The Kier molecular flexibility index (Phi) is 6.57. The minimum absolute atomic E-state index is 0.174. The van der Waals surface area contributed by atoms with Crippen molar-refractivity contribution < 1.29 is 18.7 Å². The molecule has 0 saturated heterocycles. The highest BCUT2D eigenvalue weighted by molar-refractivity contribution is 6.32. The van der Waals surface area contributed by atoms with Crippen molar-refractivity contribution in [1.29, 1.82) is 0 Å². The number of carbonyl (C=O) groups is 1. The average molecular weight is 419 g/mol. The molecule has 3 rings (SSSR count). The number of nitrogens with zero attached hydrogens (tertiary/aromatic N) is 1. The third kappa shape index (κ3) is 5.28. The van der Waals surface area contributed by atoms with Crippen molar-refractivity contribution >= 4 is 35.3 Å². The lowest BCUT2D eigenvalue weighted by Crippen LogP contribution is -2.24. The lowest BCUT2D eigenvalue weighted by atomic mass is 10.2. The van der Waals surface area contributed by atoms with E-state index < -0.39 is 5.91 Å². The summed E-state index contributed by atoms with van der Waals surface area (Å²) >= 11 is 11.9. The van der Waals surface area contributed by atoms with Gasteiger partial charge in [-0.1, -0.05) is 23.2 Å². The second-order valence-corrected chi connectivity index (χ2v) is 6.43. The van der Waals surface area contributed by atoms with Gasteiger partial charge in [0.1, 0.15) is 23.0 Å². The van der Waals surface area contributed by atoms with Crippen LogP contribution in [0.2, 0.25) is 10.0 Å². The van der Waals surface area contributed by atoms with Crippen molar-refractivity contribution in [2.24, 2.45) is 5.10 Å². The number of rotatable bonds is 7. The van der Waals surface area contributed by atoms with Crippen molar-refractivity contribution in [2.75, 3.05) is 13.7 Å². The molecular weight excluding hydrogens is 403 g/mol. The van der Waals surface area contributed by atoms with Crippen molar-refractivity contribution in [3.8, 4) is 22.8 Å². The van der Waals surface area contributed by atoms with E-state index in [1.54, 1.807) is 55.6 Å². The van der Waals surface area contributed by atoms with Gasteiger partial charge in [0, 0.05) is 10.6 Å². The van der Waals surface area contributed by atoms with E-state index >= 15 is 0 Å². The number of benzene rings is 2. The second kappa shape index (κ2) is 9.30. The van der Waals surface area contributed by atoms with Crippen LogP contribution < -0.4 is 14.9 Å². The molecule has 0 aliphatic rings. The van der Waals surface area contributed by atoms with Crippen LogP contribution in [0.25, 0.3) is 11.3 Å². The minimum Gasteiger partial charge on any atom is -0.495 e. The van der Waals surface area contributed by atoms with Crippen LogP contribution in [0.1, 0.15) is 5.76 Å². The van der Waals surface area contributed by atoms with Gasteiger partial charge in [-0.05, 0) is 54.6 Å². The third-order valence-electron chi connectivity index (χ3n) is 3.63. The van der Waals surface area contributed by atoms with Gasteiger partial charge in [-0.15, -0.1) is 0 Å². The molecule has 0 bridgehead atoms. The van der Waals surface area contributed by atoms with E-state index in [9.17, 15) is 4.79 Å². The predicted molar refractivity (Wildman–Crippen MR) is 108 cm³/mol. The molecule has 28 heavy (non-hydrogen) atoms. The molecule has 1 N–H and O–H groups in total. The van der Waals surface area contributed by atoms with Crippen LogP contribution in [-0.4, -0.2) is 25.8 Å². The van der Waals surface area contributed by atoms with Gasteiger partial charge < -0.3 is 13.9 Å². The van der Waals surface area contributed by atoms with Gasteiger partial charge in [-0.3, -0.25) is 4.79 Å². The Labute approximate surface area is 171 Å². The predicted octanol–water partition coefficient (Wildman–Crippen LogP) is 4.79. The summed E-state index contributed by atoms with van der Waals surface area (Å²) in [7, 11) is 1.55. The normalized spacial score (nSPS) is 10.8. The average Bonchev–Trinajstić information content (AvgIpc) is 3.16. The smallest absolute Gasteiger partial charge is 0.277 e. The first kappa shape index (κ1) is 19.8. The zero-order valence-corrected chi connectivity index (χ0v) is 16.3. The summed E-state index contributed by atoms with van der Waals surface area (Å²) in [6.07, 6.45) is 1.40. The van der Waals surface area contributed by atoms with Crippen molar-refractivity contribution in [3.63, 3.8) is 0 Å². The molecule has 6 nitrogen and oxygen atoms in total. The van der Waals surface area contributed by atoms with Crippen LogP contribution >= 0.6 is 23.2 Å². The minimum atomic E-state index is -0.403. The van der Waals surface area contributed by atoms with Crippen LogP contribution in [0.4, 0.5) is 0 Å². The van der Waals surface area contributed by atoms with Crippen molar-refractivity contribution in [3.05, 3.63) is 70.4 Å². The van der Waals surface area contributed by atoms with Gasteiger partial charge >= 0.3 is 0 Å². The Morgan fingerprint density at radius 1 is 1.14 bits per heavy atom. The van der Waals surface area contributed by atoms with Crippen LogP contribution in [0.15, 0.2) is 64.1 Å². The van der Waals surface area contributed by atoms with Crippen molar-refractivity contribution in [2.45, 2.75) is 0 Å². The summed E-state index contributed by atoms with van der Waals surface area (Å²) in [5, 5.41) is 4.93. The van der Waals surface area contributed by atoms with E-state index in [1.165, 1.54) is 6.21 Å². The maximum absolute atomic E-state index is 11.8. The number of halogens is 2. The molecule has 0 atom stereocenters. The topological polar surface area (TPSA) is 73.1 Å². The summed E-state index contributed by atoms with van der Waals surface area (Å²) in [5.74, 6) is 1.81. The highest BCUT2D eigenvalue weighted by Gasteiger charge is 2.08. The molecule has 0 fully saturated rings. The molecule has 0 spiro atoms. The van der Waals surface area contributed by atoms with Crippen LogP contribution in [-0.2, 0) is 4.79 Å². The van der Waals surface area contributed by atoms with Gasteiger partial charge in [0.05, 0.1) is 18.3 Å². The fourth-order valence-electron chi connectivity index (χ4n) is 2.28. The van der Waals surface area contributed by atoms with E-state index in [-0.39, 0.29) is 6.61 Å². The molecule has 1 heterocycles. The van der Waals surface area contributed by atoms with Crippen LogP contribution in [0.5, 0.6) is 11.5 Å². The Balaban J connectivity index is 1.53. The van der Waals surface area contributed by atoms with E-state index in [0.717, 1.165) is 5.56 Å². The molecule has 144 valence electrons. The highest BCUT2D eigenvalue weighted by atomic mass is 35.5. The van der Waals surface area contributed by atoms with Crippen LogP contribution in [0, 0.1) is 0 Å². The van der Waals surface area contributed by atoms with E-state index in [1.807, 2.05) is 6.07 Å². The zero-order chi connectivity index (χ0) is 19.9. The summed E-state index contributed by atoms with van der Waals surface area (Å²) in [6, 6.07) is 15.6. The monoisotopic (exact) mass is 418 g/mol. The van der Waals surface area contributed by atoms with Gasteiger partial charge in [-0.25, -0.2) is 5.43 Å². The Morgan fingerprint density at radius 3 is 2.64 bits per heavy atom. The summed E-state index contributed by atoms with van der Waals surface area (Å²) in [5.41, 5.74) is 3.16. The quantitative estimate of drug-likeness (QED) is 0.442. The first-order chi connectivity index (χ1) is 13.5. The number of methoxy groups -OCH3 is 1. The van der Waals surface area contributed by atoms with E-state index in [0.29, 0.717) is 33.1 Å². The zero-order valence-electron chi connectivity index (χ0n) is 14.8. The molecular formula is C20H16Cl2N2O4. The molecule has 0 aliphatic heterocycles. The molecule has 3 aromatic rings. The second-order valence-electron chi connectivity index (χ2n) is 5.59. The molecule has 1 aromatic heterocycles. The number of hydrogen-bond acceptors (Lipinski definition) is 5. The first-order valence-corrected chi connectivity index (χ1v) is 8.95. The van der Waals surface area contributed by atoms with Gasteiger partial charge in [0.2, 0.25) is 0 Å². The van der Waals surface area contributed by atoms with E-state index in [4.69, 9.17) is 37.1 Å². The number of nitrogens with one attached hydrogen (secondary N) is 1. The summed E-state index contributed by atoms with van der Waals surface area (Å²) < 4.78 is 16.1. The SMILES string of the molecule is COc1ccc(-c2ccc(C=NNC(=O)COc3ccc(Cl)cc3)o2)cc1Cl. The standard InChI is InChI=1S/C20H16Cl2N2O4/c1-26-19-8-2-13(10-17(19)22)18-9-7-16(28-18)11-23-24-20(25)12-27-15-5-3-14(21)4-6-15/h2-11H,12H2,1H3,(H,24,25). The summed E-state index contributed by atoms with van der Waals surface area (Å²) in [4.78, 5) is 11.8. The van der Waals surface area contributed by atoms with Gasteiger partial charge in [0.15, 0.2) is 6.61 Å². The fourth-order valence-corrected chi connectivity index (χ4v) is 2.66. The Hall–Kier alpha value is -2.96. The number of carbonyl (C=O) groups excluding carboxylic acids is 1. The number of hydrazone groups is 1. The molecule has 2 aromatic carbocycles. The number of amides is 1. The summed E-state index contributed by atoms with van der Waals surface area (Å²) in [6.45, 7) is -0.174.